The van der Waals surface area contributed by atoms with Gasteiger partial charge in [-0.15, -0.1) is 6.42 Å². The number of terminal acetylenes is 1. The number of hydrogen-bond donors (Lipinski definition) is 2. The maximum absolute atomic E-state index is 12.3. The molecule has 28 heavy (non-hydrogen) atoms. The van der Waals surface area contributed by atoms with Gasteiger partial charge in [-0.25, -0.2) is 0 Å². The van der Waals surface area contributed by atoms with E-state index in [0.29, 0.717) is 22.7 Å². The van der Waals surface area contributed by atoms with Crippen molar-refractivity contribution < 1.29 is 19.1 Å². The van der Waals surface area contributed by atoms with E-state index >= 15 is 0 Å². The number of rotatable bonds is 7. The summed E-state index contributed by atoms with van der Waals surface area (Å²) in [6.07, 6.45) is 8.21. The molecule has 6 nitrogen and oxygen atoms in total. The normalized spacial score (nSPS) is 10.2. The van der Waals surface area contributed by atoms with Crippen LogP contribution in [0.15, 0.2) is 42.5 Å². The van der Waals surface area contributed by atoms with Gasteiger partial charge in [-0.05, 0) is 48.4 Å². The number of nitrogens with one attached hydrogen (secondary N) is 2. The van der Waals surface area contributed by atoms with Gasteiger partial charge in [0.05, 0.1) is 18.4 Å². The highest BCUT2D eigenvalue weighted by Crippen LogP contribution is 2.28. The van der Waals surface area contributed by atoms with Gasteiger partial charge in [0.1, 0.15) is 6.61 Å². The van der Waals surface area contributed by atoms with Crippen molar-refractivity contribution in [2.24, 2.45) is 0 Å². The SMILES string of the molecule is C#CCOc1ccc(/C=C/C(=O)Nc2cc(C)ccc2C(=O)NC)cc1OC. The third-order valence-corrected chi connectivity index (χ3v) is 3.83. The van der Waals surface area contributed by atoms with Crippen molar-refractivity contribution in [1.29, 1.82) is 0 Å². The zero-order valence-electron chi connectivity index (χ0n) is 16.0. The molecule has 0 fully saturated rings. The van der Waals surface area contributed by atoms with Crippen LogP contribution in [0.4, 0.5) is 5.69 Å². The number of hydrogen-bond acceptors (Lipinski definition) is 4. The smallest absolute Gasteiger partial charge is 0.253 e. The number of carbonyl (C=O) groups is 2. The second-order valence-corrected chi connectivity index (χ2v) is 5.85. The van der Waals surface area contributed by atoms with Crippen LogP contribution in [0.2, 0.25) is 0 Å². The fraction of sp³-hybridized carbons (Fsp3) is 0.182. The first-order valence-electron chi connectivity index (χ1n) is 8.54. The van der Waals surface area contributed by atoms with Crippen molar-refractivity contribution >= 4 is 23.6 Å². The van der Waals surface area contributed by atoms with Crippen molar-refractivity contribution in [1.82, 2.24) is 5.32 Å². The Morgan fingerprint density at radius 1 is 1.18 bits per heavy atom. The summed E-state index contributed by atoms with van der Waals surface area (Å²) < 4.78 is 10.7. The minimum Gasteiger partial charge on any atom is -0.493 e. The minimum absolute atomic E-state index is 0.137. The van der Waals surface area contributed by atoms with Crippen LogP contribution < -0.4 is 20.1 Å². The van der Waals surface area contributed by atoms with Crippen LogP contribution in [0.5, 0.6) is 11.5 Å². The Morgan fingerprint density at radius 2 is 1.96 bits per heavy atom. The van der Waals surface area contributed by atoms with Gasteiger partial charge in [0.15, 0.2) is 11.5 Å². The summed E-state index contributed by atoms with van der Waals surface area (Å²) >= 11 is 0. The van der Waals surface area contributed by atoms with Crippen LogP contribution in [0.25, 0.3) is 6.08 Å². The lowest BCUT2D eigenvalue weighted by atomic mass is 10.1. The Bertz CT molecular complexity index is 942. The Morgan fingerprint density at radius 3 is 2.64 bits per heavy atom. The van der Waals surface area contributed by atoms with Crippen LogP contribution in [0.3, 0.4) is 0 Å². The van der Waals surface area contributed by atoms with E-state index in [9.17, 15) is 9.59 Å². The van der Waals surface area contributed by atoms with Crippen LogP contribution in [0.1, 0.15) is 21.5 Å². The molecule has 0 saturated heterocycles. The number of methoxy groups -OCH3 is 1. The molecule has 2 N–H and O–H groups in total. The van der Waals surface area contributed by atoms with Gasteiger partial charge in [0, 0.05) is 13.1 Å². The third-order valence-electron chi connectivity index (χ3n) is 3.83. The van der Waals surface area contributed by atoms with Crippen LogP contribution in [-0.2, 0) is 4.79 Å². The summed E-state index contributed by atoms with van der Waals surface area (Å²) in [6.45, 7) is 2.02. The highest BCUT2D eigenvalue weighted by Gasteiger charge is 2.11. The average Bonchev–Trinajstić information content (AvgIpc) is 2.70. The van der Waals surface area contributed by atoms with E-state index in [2.05, 4.69) is 16.6 Å². The van der Waals surface area contributed by atoms with Gasteiger partial charge < -0.3 is 20.1 Å². The third kappa shape index (κ3) is 5.39. The van der Waals surface area contributed by atoms with Gasteiger partial charge in [0.2, 0.25) is 5.91 Å². The molecule has 2 amide bonds. The molecule has 0 spiro atoms. The predicted molar refractivity (Wildman–Crippen MR) is 110 cm³/mol. The zero-order chi connectivity index (χ0) is 20.5. The molecule has 2 aromatic carbocycles. The first-order chi connectivity index (χ1) is 13.5. The summed E-state index contributed by atoms with van der Waals surface area (Å²) in [5, 5.41) is 5.30. The van der Waals surface area contributed by atoms with E-state index in [1.807, 2.05) is 13.0 Å². The van der Waals surface area contributed by atoms with Crippen molar-refractivity contribution in [3.8, 4) is 23.8 Å². The van der Waals surface area contributed by atoms with Crippen LogP contribution in [-0.4, -0.2) is 32.6 Å². The lowest BCUT2D eigenvalue weighted by Gasteiger charge is -2.10. The van der Waals surface area contributed by atoms with E-state index in [0.717, 1.165) is 11.1 Å². The van der Waals surface area contributed by atoms with Gasteiger partial charge in [0.25, 0.3) is 5.91 Å². The van der Waals surface area contributed by atoms with E-state index in [-0.39, 0.29) is 18.4 Å². The predicted octanol–water partition coefficient (Wildman–Crippen LogP) is 3.03. The maximum atomic E-state index is 12.3. The largest absolute Gasteiger partial charge is 0.493 e. The number of ether oxygens (including phenoxy) is 2. The average molecular weight is 378 g/mol. The molecule has 2 rings (SSSR count). The molecule has 2 aromatic rings. The second-order valence-electron chi connectivity index (χ2n) is 5.85. The second kappa shape index (κ2) is 9.83. The molecule has 0 unspecified atom stereocenters. The number of benzene rings is 2. The summed E-state index contributed by atoms with van der Waals surface area (Å²) in [4.78, 5) is 24.3. The van der Waals surface area contributed by atoms with E-state index in [4.69, 9.17) is 15.9 Å². The highest BCUT2D eigenvalue weighted by molar-refractivity contribution is 6.07. The molecule has 6 heteroatoms. The van der Waals surface area contributed by atoms with E-state index in [1.54, 1.807) is 36.4 Å². The van der Waals surface area contributed by atoms with Crippen molar-refractivity contribution in [2.75, 3.05) is 26.1 Å². The fourth-order valence-corrected chi connectivity index (χ4v) is 2.47. The molecule has 0 aliphatic carbocycles. The molecule has 0 atom stereocenters. The first-order valence-corrected chi connectivity index (χ1v) is 8.54. The van der Waals surface area contributed by atoms with Crippen molar-refractivity contribution in [3.63, 3.8) is 0 Å². The van der Waals surface area contributed by atoms with Gasteiger partial charge >= 0.3 is 0 Å². The number of aryl methyl sites for hydroxylation is 1. The van der Waals surface area contributed by atoms with Crippen molar-refractivity contribution in [2.45, 2.75) is 6.92 Å². The Balaban J connectivity index is 2.15. The van der Waals surface area contributed by atoms with E-state index in [1.165, 1.54) is 20.2 Å². The molecule has 0 saturated carbocycles. The highest BCUT2D eigenvalue weighted by atomic mass is 16.5. The summed E-state index contributed by atoms with van der Waals surface area (Å²) in [5.74, 6) is 2.80. The number of anilines is 1. The summed E-state index contributed by atoms with van der Waals surface area (Å²) in [7, 11) is 3.06. The Kier molecular flexibility index (Phi) is 7.23. The van der Waals surface area contributed by atoms with Gasteiger partial charge in [-0.2, -0.15) is 0 Å². The molecule has 0 bridgehead atoms. The molecule has 0 aliphatic heterocycles. The quantitative estimate of drug-likeness (QED) is 0.574. The maximum Gasteiger partial charge on any atom is 0.253 e. The minimum atomic E-state index is -0.359. The molecule has 0 aliphatic rings. The number of amides is 2. The lowest BCUT2D eigenvalue weighted by molar-refractivity contribution is -0.111. The molecular formula is C22H22N2O4. The molecule has 144 valence electrons. The molecule has 0 aromatic heterocycles. The van der Waals surface area contributed by atoms with Crippen LogP contribution in [0, 0.1) is 19.3 Å². The van der Waals surface area contributed by atoms with E-state index < -0.39 is 0 Å². The molecule has 0 radical (unpaired) electrons. The monoisotopic (exact) mass is 378 g/mol. The topological polar surface area (TPSA) is 76.7 Å². The summed E-state index contributed by atoms with van der Waals surface area (Å²) in [6, 6.07) is 10.5. The summed E-state index contributed by atoms with van der Waals surface area (Å²) in [5.41, 5.74) is 2.52. The fourth-order valence-electron chi connectivity index (χ4n) is 2.47. The molecular weight excluding hydrogens is 356 g/mol. The van der Waals surface area contributed by atoms with Gasteiger partial charge in [-0.3, -0.25) is 9.59 Å². The first kappa shape index (κ1) is 20.6. The standard InChI is InChI=1S/C22H22N2O4/c1-5-12-28-19-10-7-16(14-20(19)27-4)8-11-21(25)24-18-13-15(2)6-9-17(18)22(26)23-3/h1,6-11,13-14H,12H2,2-4H3,(H,23,26)(H,24,25)/b11-8+. The van der Waals surface area contributed by atoms with Crippen LogP contribution >= 0.6 is 0 Å². The lowest BCUT2D eigenvalue weighted by Crippen LogP contribution is -2.21. The zero-order valence-corrected chi connectivity index (χ0v) is 16.0. The van der Waals surface area contributed by atoms with Gasteiger partial charge in [-0.1, -0.05) is 18.1 Å². The number of carbonyl (C=O) groups excluding carboxylic acids is 2. The molecule has 0 heterocycles. The Labute approximate surface area is 164 Å². The Hall–Kier alpha value is -3.72. The van der Waals surface area contributed by atoms with Crippen molar-refractivity contribution in [3.05, 3.63) is 59.2 Å².